The van der Waals surface area contributed by atoms with Gasteiger partial charge in [0.25, 0.3) is 0 Å². The lowest BCUT2D eigenvalue weighted by molar-refractivity contribution is 0.597. The first-order valence-electron chi connectivity index (χ1n) is 4.09. The van der Waals surface area contributed by atoms with Gasteiger partial charge in [0.1, 0.15) is 5.15 Å². The van der Waals surface area contributed by atoms with Gasteiger partial charge in [0, 0.05) is 17.7 Å². The van der Waals surface area contributed by atoms with Crippen LogP contribution in [0.2, 0.25) is 5.15 Å². The topological polar surface area (TPSA) is 59.1 Å². The average molecular weight is 255 g/mol. The number of thiazole rings is 1. The summed E-state index contributed by atoms with van der Waals surface area (Å²) < 4.78 is 22.2. The van der Waals surface area contributed by atoms with Crippen LogP contribution in [-0.2, 0) is 9.84 Å². The molecule has 0 saturated heterocycles. The molecule has 0 aliphatic heterocycles. The highest BCUT2D eigenvalue weighted by Crippen LogP contribution is 2.18. The van der Waals surface area contributed by atoms with Crippen LogP contribution in [0.4, 0.5) is 5.13 Å². The molecule has 0 spiro atoms. The second-order valence-corrected chi connectivity index (χ2v) is 6.36. The fourth-order valence-corrected chi connectivity index (χ4v) is 2.36. The molecule has 0 atom stereocenters. The Morgan fingerprint density at radius 3 is 2.86 bits per heavy atom. The molecule has 4 nitrogen and oxygen atoms in total. The number of sulfone groups is 1. The molecule has 0 aliphatic rings. The van der Waals surface area contributed by atoms with Crippen LogP contribution >= 0.6 is 22.9 Å². The molecular weight excluding hydrogens is 244 g/mol. The quantitative estimate of drug-likeness (QED) is 0.868. The number of nitrogens with zero attached hydrogens (tertiary/aromatic N) is 1. The average Bonchev–Trinajstić information content (AvgIpc) is 2.51. The van der Waals surface area contributed by atoms with Gasteiger partial charge in [-0.15, -0.1) is 11.3 Å². The number of hydrogen-bond acceptors (Lipinski definition) is 5. The molecule has 0 unspecified atom stereocenters. The van der Waals surface area contributed by atoms with Crippen molar-refractivity contribution in [3.8, 4) is 0 Å². The molecule has 14 heavy (non-hydrogen) atoms. The van der Waals surface area contributed by atoms with Crippen molar-refractivity contribution in [3.05, 3.63) is 10.5 Å². The van der Waals surface area contributed by atoms with E-state index < -0.39 is 9.84 Å². The van der Waals surface area contributed by atoms with Gasteiger partial charge in [-0.2, -0.15) is 0 Å². The zero-order valence-electron chi connectivity index (χ0n) is 7.66. The Labute approximate surface area is 92.2 Å². The van der Waals surface area contributed by atoms with Gasteiger partial charge in [0.05, 0.1) is 5.75 Å². The van der Waals surface area contributed by atoms with E-state index in [0.717, 1.165) is 0 Å². The van der Waals surface area contributed by atoms with Crippen molar-refractivity contribution in [3.63, 3.8) is 0 Å². The van der Waals surface area contributed by atoms with Gasteiger partial charge in [0.2, 0.25) is 0 Å². The number of aromatic nitrogens is 1. The van der Waals surface area contributed by atoms with Crippen LogP contribution in [0.3, 0.4) is 0 Å². The highest BCUT2D eigenvalue weighted by molar-refractivity contribution is 7.91. The van der Waals surface area contributed by atoms with E-state index in [-0.39, 0.29) is 11.5 Å². The first-order valence-corrected chi connectivity index (χ1v) is 7.17. The van der Waals surface area contributed by atoms with Gasteiger partial charge in [-0.3, -0.25) is 0 Å². The smallest absolute Gasteiger partial charge is 0.184 e. The molecule has 0 fully saturated rings. The van der Waals surface area contributed by atoms with E-state index in [4.69, 9.17) is 11.6 Å². The molecule has 0 bridgehead atoms. The normalized spacial score (nSPS) is 11.6. The van der Waals surface area contributed by atoms with Crippen molar-refractivity contribution in [2.24, 2.45) is 0 Å². The van der Waals surface area contributed by atoms with Crippen molar-refractivity contribution in [2.45, 2.75) is 6.92 Å². The lowest BCUT2D eigenvalue weighted by Crippen LogP contribution is -2.16. The summed E-state index contributed by atoms with van der Waals surface area (Å²) >= 11 is 6.96. The second kappa shape index (κ2) is 4.95. The maximum Gasteiger partial charge on any atom is 0.184 e. The number of nitrogens with one attached hydrogen (secondary N) is 1. The van der Waals surface area contributed by atoms with Gasteiger partial charge in [-0.25, -0.2) is 13.4 Å². The lowest BCUT2D eigenvalue weighted by Gasteiger charge is -2.01. The summed E-state index contributed by atoms with van der Waals surface area (Å²) in [5.74, 6) is 0.300. The van der Waals surface area contributed by atoms with E-state index >= 15 is 0 Å². The maximum atomic E-state index is 11.1. The number of rotatable bonds is 5. The Kier molecular flexibility index (Phi) is 4.15. The van der Waals surface area contributed by atoms with Crippen LogP contribution in [0, 0.1) is 0 Å². The molecule has 0 radical (unpaired) electrons. The molecule has 1 rings (SSSR count). The van der Waals surface area contributed by atoms with Crippen molar-refractivity contribution >= 4 is 37.9 Å². The monoisotopic (exact) mass is 254 g/mol. The lowest BCUT2D eigenvalue weighted by atomic mass is 10.7. The molecule has 7 heteroatoms. The highest BCUT2D eigenvalue weighted by atomic mass is 35.5. The SMILES string of the molecule is CCS(=O)(=O)CCNc1nc(Cl)cs1. The predicted molar refractivity (Wildman–Crippen MR) is 59.9 cm³/mol. The van der Waals surface area contributed by atoms with E-state index in [1.165, 1.54) is 11.3 Å². The Hall–Kier alpha value is -0.330. The molecule has 80 valence electrons. The third-order valence-electron chi connectivity index (χ3n) is 1.61. The molecular formula is C7H11ClN2O2S2. The zero-order valence-corrected chi connectivity index (χ0v) is 10.0. The summed E-state index contributed by atoms with van der Waals surface area (Å²) in [6.07, 6.45) is 0. The Bertz CT molecular complexity index is 388. The Morgan fingerprint density at radius 2 is 2.36 bits per heavy atom. The van der Waals surface area contributed by atoms with Gasteiger partial charge in [-0.1, -0.05) is 18.5 Å². The van der Waals surface area contributed by atoms with E-state index in [1.54, 1.807) is 12.3 Å². The molecule has 0 aromatic carbocycles. The van der Waals surface area contributed by atoms with E-state index in [0.29, 0.717) is 16.8 Å². The number of halogens is 1. The molecule has 0 aliphatic carbocycles. The number of hydrogen-bond donors (Lipinski definition) is 1. The summed E-state index contributed by atoms with van der Waals surface area (Å²) in [6, 6.07) is 0. The molecule has 1 N–H and O–H groups in total. The first-order chi connectivity index (χ1) is 6.53. The molecule has 0 amide bonds. The van der Waals surface area contributed by atoms with Crippen LogP contribution in [0.1, 0.15) is 6.92 Å². The van der Waals surface area contributed by atoms with E-state index in [1.807, 2.05) is 0 Å². The van der Waals surface area contributed by atoms with Crippen molar-refractivity contribution in [1.82, 2.24) is 4.98 Å². The van der Waals surface area contributed by atoms with Crippen LogP contribution < -0.4 is 5.32 Å². The van der Waals surface area contributed by atoms with Crippen molar-refractivity contribution < 1.29 is 8.42 Å². The molecule has 1 heterocycles. The van der Waals surface area contributed by atoms with Gasteiger partial charge < -0.3 is 5.32 Å². The summed E-state index contributed by atoms with van der Waals surface area (Å²) in [5, 5.41) is 5.67. The van der Waals surface area contributed by atoms with Gasteiger partial charge in [0.15, 0.2) is 15.0 Å². The zero-order chi connectivity index (χ0) is 10.6. The standard InChI is InChI=1S/C7H11ClN2O2S2/c1-2-14(11,12)4-3-9-7-10-6(8)5-13-7/h5H,2-4H2,1H3,(H,9,10). The number of anilines is 1. The molecule has 0 saturated carbocycles. The fourth-order valence-electron chi connectivity index (χ4n) is 0.793. The van der Waals surface area contributed by atoms with Crippen LogP contribution in [0.25, 0.3) is 0 Å². The minimum Gasteiger partial charge on any atom is -0.360 e. The van der Waals surface area contributed by atoms with Crippen molar-refractivity contribution in [2.75, 3.05) is 23.4 Å². The summed E-state index contributed by atoms with van der Waals surface area (Å²) in [6.45, 7) is 2.01. The summed E-state index contributed by atoms with van der Waals surface area (Å²) in [7, 11) is -2.90. The van der Waals surface area contributed by atoms with Crippen molar-refractivity contribution in [1.29, 1.82) is 0 Å². The van der Waals surface area contributed by atoms with Crippen LogP contribution in [0.5, 0.6) is 0 Å². The maximum absolute atomic E-state index is 11.1. The molecule has 1 aromatic rings. The van der Waals surface area contributed by atoms with Gasteiger partial charge in [-0.05, 0) is 0 Å². The fraction of sp³-hybridized carbons (Fsp3) is 0.571. The van der Waals surface area contributed by atoms with Gasteiger partial charge >= 0.3 is 0 Å². The third-order valence-corrected chi connectivity index (χ3v) is 4.43. The Morgan fingerprint density at radius 1 is 1.64 bits per heavy atom. The third kappa shape index (κ3) is 3.81. The largest absolute Gasteiger partial charge is 0.360 e. The van der Waals surface area contributed by atoms with E-state index in [9.17, 15) is 8.42 Å². The first kappa shape index (κ1) is 11.7. The van der Waals surface area contributed by atoms with Crippen LogP contribution in [0.15, 0.2) is 5.38 Å². The predicted octanol–water partition coefficient (Wildman–Crippen LogP) is 1.64. The Balaban J connectivity index is 2.36. The second-order valence-electron chi connectivity index (χ2n) is 2.64. The summed E-state index contributed by atoms with van der Waals surface area (Å²) in [5.41, 5.74) is 0. The summed E-state index contributed by atoms with van der Waals surface area (Å²) in [4.78, 5) is 3.93. The molecule has 1 aromatic heterocycles. The van der Waals surface area contributed by atoms with E-state index in [2.05, 4.69) is 10.3 Å². The minimum atomic E-state index is -2.90. The van der Waals surface area contributed by atoms with Crippen LogP contribution in [-0.4, -0.2) is 31.5 Å². The highest BCUT2D eigenvalue weighted by Gasteiger charge is 2.07. The minimum absolute atomic E-state index is 0.126.